The zero-order valence-electron chi connectivity index (χ0n) is 8.91. The number of halogens is 1. The minimum absolute atomic E-state index is 0.0129. The van der Waals surface area contributed by atoms with Gasteiger partial charge in [-0.15, -0.1) is 11.6 Å². The van der Waals surface area contributed by atoms with Gasteiger partial charge in [0.1, 0.15) is 5.88 Å². The molecule has 1 amide bonds. The summed E-state index contributed by atoms with van der Waals surface area (Å²) in [4.78, 5) is 13.4. The summed E-state index contributed by atoms with van der Waals surface area (Å²) in [7, 11) is 0. The van der Waals surface area contributed by atoms with Crippen LogP contribution in [-0.2, 0) is 4.79 Å². The molecule has 4 heteroatoms. The maximum Gasteiger partial charge on any atom is 0.237 e. The summed E-state index contributed by atoms with van der Waals surface area (Å²) in [5.74, 6) is 0.566. The second-order valence-corrected chi connectivity index (χ2v) is 5.14. The first kappa shape index (κ1) is 11.2. The van der Waals surface area contributed by atoms with Crippen LogP contribution in [0.3, 0.4) is 0 Å². The molecule has 3 nitrogen and oxygen atoms in total. The van der Waals surface area contributed by atoms with Crippen LogP contribution < -0.4 is 0 Å². The van der Waals surface area contributed by atoms with Crippen LogP contribution in [-0.4, -0.2) is 41.5 Å². The molecule has 0 spiro atoms. The predicted molar refractivity (Wildman–Crippen MR) is 58.8 cm³/mol. The first-order chi connectivity index (χ1) is 7.22. The Hall–Kier alpha value is -0.280. The van der Waals surface area contributed by atoms with Gasteiger partial charge in [-0.25, -0.2) is 0 Å². The molecule has 2 fully saturated rings. The van der Waals surface area contributed by atoms with E-state index < -0.39 is 0 Å². The zero-order chi connectivity index (χ0) is 10.9. The Morgan fingerprint density at radius 3 is 2.93 bits per heavy atom. The summed E-state index contributed by atoms with van der Waals surface area (Å²) in [6, 6.07) is 0. The van der Waals surface area contributed by atoms with E-state index in [-0.39, 0.29) is 23.8 Å². The Bertz CT molecular complexity index is 259. The summed E-state index contributed by atoms with van der Waals surface area (Å²) in [5.41, 5.74) is -0.0139. The molecule has 0 aromatic heterocycles. The van der Waals surface area contributed by atoms with Crippen molar-refractivity contribution < 1.29 is 9.90 Å². The van der Waals surface area contributed by atoms with Gasteiger partial charge in [-0.2, -0.15) is 0 Å². The van der Waals surface area contributed by atoms with Crippen molar-refractivity contribution in [2.45, 2.75) is 25.7 Å². The van der Waals surface area contributed by atoms with Crippen molar-refractivity contribution in [3.05, 3.63) is 0 Å². The standard InChI is InChI=1S/C11H18ClNO2/c12-5-10(15)13-6-9-3-1-2-4-11(9,7-13)8-14/h9,14H,1-8H2/t9-,11+/m0/s1. The summed E-state index contributed by atoms with van der Waals surface area (Å²) < 4.78 is 0. The first-order valence-corrected chi connectivity index (χ1v) is 6.20. The SMILES string of the molecule is O=C(CCl)N1C[C@@H]2CCCC[C@]2(CO)C1. The lowest BCUT2D eigenvalue weighted by atomic mass is 9.69. The van der Waals surface area contributed by atoms with E-state index in [4.69, 9.17) is 11.6 Å². The number of likely N-dealkylation sites (tertiary alicyclic amines) is 1. The number of carbonyl (C=O) groups is 1. The minimum Gasteiger partial charge on any atom is -0.396 e. The Morgan fingerprint density at radius 1 is 1.53 bits per heavy atom. The van der Waals surface area contributed by atoms with Crippen LogP contribution in [0.25, 0.3) is 0 Å². The molecule has 0 unspecified atom stereocenters. The average Bonchev–Trinajstić information content (AvgIpc) is 2.67. The Kier molecular flexibility index (Phi) is 3.21. The fraction of sp³-hybridized carbons (Fsp3) is 0.909. The van der Waals surface area contributed by atoms with Crippen molar-refractivity contribution in [3.8, 4) is 0 Å². The highest BCUT2D eigenvalue weighted by atomic mass is 35.5. The predicted octanol–water partition coefficient (Wildman–Crippen LogP) is 1.24. The Balaban J connectivity index is 2.10. The lowest BCUT2D eigenvalue weighted by Crippen LogP contribution is -2.37. The third-order valence-corrected chi connectivity index (χ3v) is 4.30. The normalized spacial score (nSPS) is 35.3. The number of aliphatic hydroxyl groups excluding tert-OH is 1. The third kappa shape index (κ3) is 1.87. The summed E-state index contributed by atoms with van der Waals surface area (Å²) in [5, 5.41) is 9.55. The van der Waals surface area contributed by atoms with E-state index in [1.54, 1.807) is 0 Å². The number of fused-ring (bicyclic) bond motifs is 1. The highest BCUT2D eigenvalue weighted by Gasteiger charge is 2.48. The molecule has 15 heavy (non-hydrogen) atoms. The van der Waals surface area contributed by atoms with E-state index in [0.29, 0.717) is 12.5 Å². The maximum absolute atomic E-state index is 11.5. The Labute approximate surface area is 95.4 Å². The van der Waals surface area contributed by atoms with Crippen LogP contribution in [0, 0.1) is 11.3 Å². The molecule has 1 heterocycles. The van der Waals surface area contributed by atoms with Crippen LogP contribution in [0.2, 0.25) is 0 Å². The van der Waals surface area contributed by atoms with Gasteiger partial charge in [-0.1, -0.05) is 12.8 Å². The maximum atomic E-state index is 11.5. The summed E-state index contributed by atoms with van der Waals surface area (Å²) in [6.45, 7) is 1.72. The molecule has 1 N–H and O–H groups in total. The molecular weight excluding hydrogens is 214 g/mol. The van der Waals surface area contributed by atoms with Gasteiger partial charge in [0.25, 0.3) is 0 Å². The summed E-state index contributed by atoms with van der Waals surface area (Å²) in [6.07, 6.45) is 4.61. The van der Waals surface area contributed by atoms with Crippen LogP contribution in [0.15, 0.2) is 0 Å². The average molecular weight is 232 g/mol. The van der Waals surface area contributed by atoms with Gasteiger partial charge in [0.15, 0.2) is 0 Å². The topological polar surface area (TPSA) is 40.5 Å². The van der Waals surface area contributed by atoms with Crippen LogP contribution in [0.1, 0.15) is 25.7 Å². The van der Waals surface area contributed by atoms with E-state index >= 15 is 0 Å². The van der Waals surface area contributed by atoms with Crippen molar-refractivity contribution in [1.82, 2.24) is 4.90 Å². The molecule has 0 radical (unpaired) electrons. The van der Waals surface area contributed by atoms with Crippen molar-refractivity contribution in [2.75, 3.05) is 25.6 Å². The molecule has 1 aliphatic heterocycles. The molecule has 1 saturated carbocycles. The van der Waals surface area contributed by atoms with Crippen molar-refractivity contribution in [1.29, 1.82) is 0 Å². The molecule has 2 aliphatic rings. The quantitative estimate of drug-likeness (QED) is 0.727. The highest BCUT2D eigenvalue weighted by molar-refractivity contribution is 6.27. The molecule has 86 valence electrons. The van der Waals surface area contributed by atoms with Gasteiger partial charge in [0.2, 0.25) is 5.91 Å². The van der Waals surface area contributed by atoms with Gasteiger partial charge >= 0.3 is 0 Å². The molecule has 1 aliphatic carbocycles. The number of hydrogen-bond acceptors (Lipinski definition) is 2. The molecule has 0 bridgehead atoms. The van der Waals surface area contributed by atoms with Gasteiger partial charge in [0.05, 0.1) is 6.61 Å². The van der Waals surface area contributed by atoms with Crippen LogP contribution in [0.5, 0.6) is 0 Å². The van der Waals surface area contributed by atoms with Gasteiger partial charge in [-0.05, 0) is 18.8 Å². The van der Waals surface area contributed by atoms with E-state index in [9.17, 15) is 9.90 Å². The van der Waals surface area contributed by atoms with E-state index in [2.05, 4.69) is 0 Å². The largest absolute Gasteiger partial charge is 0.396 e. The van der Waals surface area contributed by atoms with Crippen molar-refractivity contribution in [3.63, 3.8) is 0 Å². The number of hydrogen-bond donors (Lipinski definition) is 1. The molecule has 0 aromatic rings. The zero-order valence-corrected chi connectivity index (χ0v) is 9.67. The molecule has 2 rings (SSSR count). The number of carbonyl (C=O) groups excluding carboxylic acids is 1. The van der Waals surface area contributed by atoms with Crippen LogP contribution in [0.4, 0.5) is 0 Å². The molecule has 1 saturated heterocycles. The lowest BCUT2D eigenvalue weighted by Gasteiger charge is -2.36. The third-order valence-electron chi connectivity index (χ3n) is 4.07. The molecular formula is C11H18ClNO2. The fourth-order valence-corrected chi connectivity index (χ4v) is 3.28. The molecule has 2 atom stereocenters. The van der Waals surface area contributed by atoms with E-state index in [1.165, 1.54) is 12.8 Å². The van der Waals surface area contributed by atoms with Crippen molar-refractivity contribution >= 4 is 17.5 Å². The lowest BCUT2D eigenvalue weighted by molar-refractivity contribution is -0.128. The molecule has 0 aromatic carbocycles. The number of rotatable bonds is 2. The summed E-state index contributed by atoms with van der Waals surface area (Å²) >= 11 is 5.56. The first-order valence-electron chi connectivity index (χ1n) is 5.66. The number of alkyl halides is 1. The number of nitrogens with zero attached hydrogens (tertiary/aromatic N) is 1. The van der Waals surface area contributed by atoms with E-state index in [0.717, 1.165) is 19.4 Å². The number of aliphatic hydroxyl groups is 1. The van der Waals surface area contributed by atoms with Crippen LogP contribution >= 0.6 is 11.6 Å². The van der Waals surface area contributed by atoms with Gasteiger partial charge in [-0.3, -0.25) is 4.79 Å². The fourth-order valence-electron chi connectivity index (χ4n) is 3.11. The van der Waals surface area contributed by atoms with Crippen molar-refractivity contribution in [2.24, 2.45) is 11.3 Å². The van der Waals surface area contributed by atoms with Gasteiger partial charge in [0, 0.05) is 18.5 Å². The number of amides is 1. The monoisotopic (exact) mass is 231 g/mol. The smallest absolute Gasteiger partial charge is 0.237 e. The minimum atomic E-state index is -0.0139. The van der Waals surface area contributed by atoms with E-state index in [1.807, 2.05) is 4.90 Å². The van der Waals surface area contributed by atoms with Gasteiger partial charge < -0.3 is 10.0 Å². The Morgan fingerprint density at radius 2 is 2.33 bits per heavy atom. The highest BCUT2D eigenvalue weighted by Crippen LogP contribution is 2.46. The second kappa shape index (κ2) is 4.30. The second-order valence-electron chi connectivity index (χ2n) is 4.87.